The van der Waals surface area contributed by atoms with Gasteiger partial charge in [-0.05, 0) is 30.6 Å². The Bertz CT molecular complexity index is 264. The first kappa shape index (κ1) is 11.4. The summed E-state index contributed by atoms with van der Waals surface area (Å²) in [5.74, 6) is 0.676. The molecule has 3 unspecified atom stereocenters. The lowest BCUT2D eigenvalue weighted by Crippen LogP contribution is -2.51. The number of alkyl halides is 2. The lowest BCUT2D eigenvalue weighted by molar-refractivity contribution is -0.0743. The molecule has 0 aromatic rings. The van der Waals surface area contributed by atoms with Crippen LogP contribution in [0.4, 0.5) is 0 Å². The molecule has 0 radical (unpaired) electrons. The van der Waals surface area contributed by atoms with Gasteiger partial charge < -0.3 is 5.11 Å². The van der Waals surface area contributed by atoms with Gasteiger partial charge in [-0.15, -0.1) is 0 Å². The molecule has 0 aromatic heterocycles. The van der Waals surface area contributed by atoms with Crippen LogP contribution < -0.4 is 0 Å². The van der Waals surface area contributed by atoms with Crippen LogP contribution in [-0.2, 0) is 0 Å². The van der Waals surface area contributed by atoms with Crippen LogP contribution in [0.3, 0.4) is 0 Å². The summed E-state index contributed by atoms with van der Waals surface area (Å²) in [6, 6.07) is 0. The largest absolute Gasteiger partial charge is 0.387 e. The van der Waals surface area contributed by atoms with Gasteiger partial charge in [-0.1, -0.05) is 52.6 Å². The number of halogens is 2. The van der Waals surface area contributed by atoms with Gasteiger partial charge in [-0.2, -0.15) is 0 Å². The van der Waals surface area contributed by atoms with Crippen LogP contribution in [0.25, 0.3) is 0 Å². The van der Waals surface area contributed by atoms with Crippen molar-refractivity contribution in [3.63, 3.8) is 0 Å². The van der Waals surface area contributed by atoms with Crippen molar-refractivity contribution in [3.8, 4) is 0 Å². The first-order chi connectivity index (χ1) is 6.26. The van der Waals surface area contributed by atoms with Gasteiger partial charge in [0.05, 0.1) is 9.34 Å². The third-order valence-electron chi connectivity index (χ3n) is 5.31. The summed E-state index contributed by atoms with van der Waals surface area (Å²) in [5, 5.41) is 10.8. The molecule has 82 valence electrons. The average Bonchev–Trinajstić information content (AvgIpc) is 2.36. The molecule has 2 saturated carbocycles. The fourth-order valence-electron chi connectivity index (χ4n) is 3.66. The average molecular weight is 326 g/mol. The molecule has 2 rings (SSSR count). The first-order valence-electron chi connectivity index (χ1n) is 5.26. The van der Waals surface area contributed by atoms with E-state index in [9.17, 15) is 5.11 Å². The summed E-state index contributed by atoms with van der Waals surface area (Å²) >= 11 is 7.03. The topological polar surface area (TPSA) is 20.2 Å². The quantitative estimate of drug-likeness (QED) is 0.729. The second-order valence-corrected chi connectivity index (χ2v) is 8.78. The molecular weight excluding hydrogens is 308 g/mol. The molecule has 0 heterocycles. The van der Waals surface area contributed by atoms with Crippen molar-refractivity contribution in [2.45, 2.75) is 49.4 Å². The van der Waals surface area contributed by atoms with Crippen molar-refractivity contribution in [2.24, 2.45) is 16.7 Å². The summed E-state index contributed by atoms with van der Waals surface area (Å²) < 4.78 is 0.0112. The van der Waals surface area contributed by atoms with Crippen LogP contribution in [0, 0.1) is 16.7 Å². The number of hydrogen-bond acceptors (Lipinski definition) is 1. The van der Waals surface area contributed by atoms with Crippen LogP contribution in [0.15, 0.2) is 0 Å². The van der Waals surface area contributed by atoms with E-state index in [1.165, 1.54) is 6.42 Å². The fourth-order valence-corrected chi connectivity index (χ4v) is 5.04. The van der Waals surface area contributed by atoms with Crippen LogP contribution in [0.2, 0.25) is 0 Å². The predicted octanol–water partition coefficient (Wildman–Crippen LogP) is 3.68. The third-order valence-corrected chi connectivity index (χ3v) is 6.82. The van der Waals surface area contributed by atoms with Crippen molar-refractivity contribution in [2.75, 3.05) is 0 Å². The van der Waals surface area contributed by atoms with E-state index in [4.69, 9.17) is 0 Å². The minimum atomic E-state index is -0.584. The number of fused-ring (bicyclic) bond motifs is 2. The van der Waals surface area contributed by atoms with Crippen LogP contribution >= 0.6 is 31.9 Å². The van der Waals surface area contributed by atoms with Gasteiger partial charge in [0, 0.05) is 5.41 Å². The fraction of sp³-hybridized carbons (Fsp3) is 1.00. The molecule has 0 saturated heterocycles. The normalized spacial score (nSPS) is 50.4. The second-order valence-electron chi connectivity index (χ2n) is 5.72. The highest BCUT2D eigenvalue weighted by molar-refractivity contribution is 9.24. The molecule has 0 amide bonds. The number of aliphatic hydroxyl groups is 1. The van der Waals surface area contributed by atoms with E-state index in [-0.39, 0.29) is 14.6 Å². The lowest BCUT2D eigenvalue weighted by Gasteiger charge is -2.46. The molecule has 1 nitrogen and oxygen atoms in total. The SMILES string of the molecule is CC1(C)C2CCC1(C)C(O)(C(Br)Br)C2. The lowest BCUT2D eigenvalue weighted by atomic mass is 9.65. The maximum absolute atomic E-state index is 10.8. The Hall–Kier alpha value is 0.920. The molecule has 1 N–H and O–H groups in total. The number of hydrogen-bond donors (Lipinski definition) is 1. The first-order valence-corrected chi connectivity index (χ1v) is 7.09. The molecular formula is C11H18Br2O. The highest BCUT2D eigenvalue weighted by Gasteiger charge is 2.69. The van der Waals surface area contributed by atoms with Gasteiger partial charge in [0.25, 0.3) is 0 Å². The molecule has 0 aliphatic heterocycles. The van der Waals surface area contributed by atoms with Gasteiger partial charge in [0.2, 0.25) is 0 Å². The molecule has 3 heteroatoms. The number of rotatable bonds is 1. The highest BCUT2D eigenvalue weighted by atomic mass is 79.9. The molecule has 2 aliphatic carbocycles. The van der Waals surface area contributed by atoms with E-state index in [0.717, 1.165) is 12.8 Å². The van der Waals surface area contributed by atoms with Gasteiger partial charge in [0.1, 0.15) is 0 Å². The molecule has 2 fully saturated rings. The van der Waals surface area contributed by atoms with Crippen LogP contribution in [0.1, 0.15) is 40.0 Å². The van der Waals surface area contributed by atoms with E-state index < -0.39 is 5.60 Å². The van der Waals surface area contributed by atoms with Crippen molar-refractivity contribution in [1.29, 1.82) is 0 Å². The molecule has 3 atom stereocenters. The molecule has 2 aliphatic rings. The van der Waals surface area contributed by atoms with E-state index in [1.807, 2.05) is 0 Å². The van der Waals surface area contributed by atoms with E-state index >= 15 is 0 Å². The third kappa shape index (κ3) is 1.04. The Kier molecular flexibility index (Phi) is 2.43. The van der Waals surface area contributed by atoms with Crippen molar-refractivity contribution < 1.29 is 5.11 Å². The van der Waals surface area contributed by atoms with Crippen LogP contribution in [-0.4, -0.2) is 14.4 Å². The highest BCUT2D eigenvalue weighted by Crippen LogP contribution is 2.71. The van der Waals surface area contributed by atoms with Crippen molar-refractivity contribution in [1.82, 2.24) is 0 Å². The van der Waals surface area contributed by atoms with Crippen molar-refractivity contribution in [3.05, 3.63) is 0 Å². The smallest absolute Gasteiger partial charge is 0.0989 e. The Labute approximate surface area is 103 Å². The molecule has 0 aromatic carbocycles. The van der Waals surface area contributed by atoms with Gasteiger partial charge in [-0.25, -0.2) is 0 Å². The van der Waals surface area contributed by atoms with Crippen molar-refractivity contribution >= 4 is 31.9 Å². The van der Waals surface area contributed by atoms with E-state index in [0.29, 0.717) is 5.92 Å². The summed E-state index contributed by atoms with van der Waals surface area (Å²) in [6.45, 7) is 6.87. The molecule has 2 bridgehead atoms. The van der Waals surface area contributed by atoms with Crippen LogP contribution in [0.5, 0.6) is 0 Å². The molecule has 14 heavy (non-hydrogen) atoms. The summed E-state index contributed by atoms with van der Waals surface area (Å²) in [4.78, 5) is 0. The zero-order chi connectivity index (χ0) is 10.8. The summed E-state index contributed by atoms with van der Waals surface area (Å²) in [6.07, 6.45) is 3.35. The minimum Gasteiger partial charge on any atom is -0.387 e. The second kappa shape index (κ2) is 2.98. The minimum absolute atomic E-state index is 0.0112. The zero-order valence-corrected chi connectivity index (χ0v) is 12.2. The van der Waals surface area contributed by atoms with Gasteiger partial charge in [-0.3, -0.25) is 0 Å². The zero-order valence-electron chi connectivity index (χ0n) is 8.98. The standard InChI is InChI=1S/C11H18Br2O/c1-9(2)7-4-5-10(9,3)11(14,6-7)8(12)13/h7-8,14H,4-6H2,1-3H3. The van der Waals surface area contributed by atoms with Gasteiger partial charge in [0.15, 0.2) is 0 Å². The Morgan fingerprint density at radius 3 is 2.07 bits per heavy atom. The summed E-state index contributed by atoms with van der Waals surface area (Å²) in [7, 11) is 0. The Morgan fingerprint density at radius 2 is 1.86 bits per heavy atom. The predicted molar refractivity (Wildman–Crippen MR) is 65.8 cm³/mol. The maximum Gasteiger partial charge on any atom is 0.0989 e. The molecule has 0 spiro atoms. The van der Waals surface area contributed by atoms with E-state index in [2.05, 4.69) is 52.6 Å². The summed E-state index contributed by atoms with van der Waals surface area (Å²) in [5.41, 5.74) is -0.275. The maximum atomic E-state index is 10.8. The van der Waals surface area contributed by atoms with Gasteiger partial charge >= 0.3 is 0 Å². The Balaban J connectivity index is 2.45. The monoisotopic (exact) mass is 324 g/mol. The Morgan fingerprint density at radius 1 is 1.29 bits per heavy atom. The van der Waals surface area contributed by atoms with E-state index in [1.54, 1.807) is 0 Å².